The SMILES string of the molecule is CCc1ccc(/C=C2\SC(=S)N(CC(C)C)C2=O)s1. The molecule has 5 heteroatoms. The van der Waals surface area contributed by atoms with Crippen LogP contribution < -0.4 is 0 Å². The second-order valence-electron chi connectivity index (χ2n) is 4.84. The van der Waals surface area contributed by atoms with Gasteiger partial charge in [0.2, 0.25) is 0 Å². The van der Waals surface area contributed by atoms with Crippen LogP contribution in [0.4, 0.5) is 0 Å². The molecule has 1 saturated heterocycles. The van der Waals surface area contributed by atoms with Crippen molar-refractivity contribution in [2.75, 3.05) is 6.54 Å². The molecule has 2 heterocycles. The summed E-state index contributed by atoms with van der Waals surface area (Å²) in [5, 5.41) is 0. The maximum Gasteiger partial charge on any atom is 0.266 e. The van der Waals surface area contributed by atoms with E-state index in [1.54, 1.807) is 16.2 Å². The molecule has 1 amide bonds. The van der Waals surface area contributed by atoms with Gasteiger partial charge in [0.15, 0.2) is 0 Å². The molecule has 2 nitrogen and oxygen atoms in total. The summed E-state index contributed by atoms with van der Waals surface area (Å²) in [6, 6.07) is 4.18. The summed E-state index contributed by atoms with van der Waals surface area (Å²) in [5.74, 6) is 0.477. The van der Waals surface area contributed by atoms with Crippen LogP contribution in [-0.2, 0) is 11.2 Å². The van der Waals surface area contributed by atoms with Gasteiger partial charge in [-0.25, -0.2) is 0 Å². The topological polar surface area (TPSA) is 20.3 Å². The molecule has 19 heavy (non-hydrogen) atoms. The van der Waals surface area contributed by atoms with Crippen molar-refractivity contribution >= 4 is 51.6 Å². The molecule has 2 rings (SSSR count). The maximum atomic E-state index is 12.3. The fourth-order valence-electron chi connectivity index (χ4n) is 1.81. The third-order valence-electron chi connectivity index (χ3n) is 2.73. The molecule has 0 N–H and O–H groups in total. The van der Waals surface area contributed by atoms with E-state index in [2.05, 4.69) is 32.9 Å². The predicted octanol–water partition coefficient (Wildman–Crippen LogP) is 4.17. The fourth-order valence-corrected chi connectivity index (χ4v) is 4.05. The molecule has 0 saturated carbocycles. The van der Waals surface area contributed by atoms with Crippen LogP contribution in [0, 0.1) is 5.92 Å². The van der Waals surface area contributed by atoms with E-state index in [-0.39, 0.29) is 5.91 Å². The lowest BCUT2D eigenvalue weighted by Crippen LogP contribution is -2.31. The minimum atomic E-state index is 0.0511. The smallest absolute Gasteiger partial charge is 0.266 e. The zero-order chi connectivity index (χ0) is 14.0. The van der Waals surface area contributed by atoms with Crippen LogP contribution in [0.25, 0.3) is 6.08 Å². The molecule has 0 atom stereocenters. The van der Waals surface area contributed by atoms with Crippen molar-refractivity contribution in [2.24, 2.45) is 5.92 Å². The van der Waals surface area contributed by atoms with E-state index in [0.717, 1.165) is 16.2 Å². The molecule has 0 aliphatic carbocycles. The molecule has 0 bridgehead atoms. The Morgan fingerprint density at radius 2 is 2.16 bits per heavy atom. The molecule has 1 fully saturated rings. The molecule has 0 unspecified atom stereocenters. The molecule has 102 valence electrons. The Morgan fingerprint density at radius 1 is 1.42 bits per heavy atom. The summed E-state index contributed by atoms with van der Waals surface area (Å²) in [6.45, 7) is 7.02. The number of thioether (sulfide) groups is 1. The van der Waals surface area contributed by atoms with E-state index in [0.29, 0.717) is 16.8 Å². The van der Waals surface area contributed by atoms with Gasteiger partial charge in [-0.2, -0.15) is 0 Å². The Morgan fingerprint density at radius 3 is 2.74 bits per heavy atom. The highest BCUT2D eigenvalue weighted by Crippen LogP contribution is 2.34. The monoisotopic (exact) mass is 311 g/mol. The zero-order valence-electron chi connectivity index (χ0n) is 11.3. The molecular formula is C14H17NOS3. The van der Waals surface area contributed by atoms with Gasteiger partial charge in [0, 0.05) is 16.3 Å². The third kappa shape index (κ3) is 3.46. The van der Waals surface area contributed by atoms with Crippen LogP contribution in [0.2, 0.25) is 0 Å². The first-order valence-electron chi connectivity index (χ1n) is 6.35. The van der Waals surface area contributed by atoms with Gasteiger partial charge in [-0.15, -0.1) is 11.3 Å². The number of hydrogen-bond donors (Lipinski definition) is 0. The first-order chi connectivity index (χ1) is 9.01. The molecule has 1 aromatic rings. The van der Waals surface area contributed by atoms with Gasteiger partial charge in [0.05, 0.1) is 4.91 Å². The number of amides is 1. The summed E-state index contributed by atoms with van der Waals surface area (Å²) in [6.07, 6.45) is 3.00. The Labute approximate surface area is 127 Å². The van der Waals surface area contributed by atoms with Crippen molar-refractivity contribution in [3.8, 4) is 0 Å². The zero-order valence-corrected chi connectivity index (χ0v) is 13.8. The molecule has 1 aliphatic rings. The summed E-state index contributed by atoms with van der Waals surface area (Å²) >= 11 is 8.43. The van der Waals surface area contributed by atoms with Crippen LogP contribution in [0.5, 0.6) is 0 Å². The quantitative estimate of drug-likeness (QED) is 0.615. The summed E-state index contributed by atoms with van der Waals surface area (Å²) < 4.78 is 0.678. The van der Waals surface area contributed by atoms with Crippen molar-refractivity contribution in [1.29, 1.82) is 0 Å². The highest BCUT2D eigenvalue weighted by atomic mass is 32.2. The van der Waals surface area contributed by atoms with Gasteiger partial charge in [-0.05, 0) is 30.5 Å². The highest BCUT2D eigenvalue weighted by molar-refractivity contribution is 8.26. The predicted molar refractivity (Wildman–Crippen MR) is 88.4 cm³/mol. The first-order valence-corrected chi connectivity index (χ1v) is 8.39. The number of thiocarbonyl (C=S) groups is 1. The van der Waals surface area contributed by atoms with E-state index in [1.165, 1.54) is 16.6 Å². The number of carbonyl (C=O) groups is 1. The minimum Gasteiger partial charge on any atom is -0.293 e. The maximum absolute atomic E-state index is 12.3. The molecule has 0 spiro atoms. The van der Waals surface area contributed by atoms with Crippen LogP contribution in [0.3, 0.4) is 0 Å². The summed E-state index contributed by atoms with van der Waals surface area (Å²) in [5.41, 5.74) is 0. The molecule has 1 aliphatic heterocycles. The van der Waals surface area contributed by atoms with Gasteiger partial charge < -0.3 is 0 Å². The lowest BCUT2D eigenvalue weighted by molar-refractivity contribution is -0.122. The van der Waals surface area contributed by atoms with E-state index < -0.39 is 0 Å². The summed E-state index contributed by atoms with van der Waals surface area (Å²) in [4.78, 5) is 17.2. The largest absolute Gasteiger partial charge is 0.293 e. The average molecular weight is 311 g/mol. The Kier molecular flexibility index (Phi) is 4.81. The minimum absolute atomic E-state index is 0.0511. The average Bonchev–Trinajstić information content (AvgIpc) is 2.90. The van der Waals surface area contributed by atoms with E-state index in [4.69, 9.17) is 12.2 Å². The van der Waals surface area contributed by atoms with E-state index in [9.17, 15) is 4.79 Å². The van der Waals surface area contributed by atoms with Crippen LogP contribution in [0.15, 0.2) is 17.0 Å². The Hall–Kier alpha value is -0.650. The number of aryl methyl sites for hydroxylation is 1. The molecule has 0 radical (unpaired) electrons. The van der Waals surface area contributed by atoms with Crippen molar-refractivity contribution < 1.29 is 4.79 Å². The van der Waals surface area contributed by atoms with E-state index in [1.807, 2.05) is 6.08 Å². The van der Waals surface area contributed by atoms with Crippen LogP contribution in [-0.4, -0.2) is 21.7 Å². The van der Waals surface area contributed by atoms with Gasteiger partial charge >= 0.3 is 0 Å². The number of carbonyl (C=O) groups excluding carboxylic acids is 1. The molecular weight excluding hydrogens is 294 g/mol. The van der Waals surface area contributed by atoms with Crippen molar-refractivity contribution in [2.45, 2.75) is 27.2 Å². The van der Waals surface area contributed by atoms with Gasteiger partial charge in [-0.1, -0.05) is 44.8 Å². The molecule has 1 aromatic heterocycles. The normalized spacial score (nSPS) is 18.1. The highest BCUT2D eigenvalue weighted by Gasteiger charge is 2.32. The van der Waals surface area contributed by atoms with Gasteiger partial charge in [-0.3, -0.25) is 9.69 Å². The van der Waals surface area contributed by atoms with Crippen molar-refractivity contribution in [3.05, 3.63) is 26.8 Å². The van der Waals surface area contributed by atoms with Crippen LogP contribution >= 0.6 is 35.3 Å². The number of rotatable bonds is 4. The number of hydrogen-bond acceptors (Lipinski definition) is 4. The number of nitrogens with zero attached hydrogens (tertiary/aromatic N) is 1. The summed E-state index contributed by atoms with van der Waals surface area (Å²) in [7, 11) is 0. The van der Waals surface area contributed by atoms with Gasteiger partial charge in [0.25, 0.3) is 5.91 Å². The Balaban J connectivity index is 2.18. The fraction of sp³-hybridized carbons (Fsp3) is 0.429. The van der Waals surface area contributed by atoms with Crippen molar-refractivity contribution in [1.82, 2.24) is 4.90 Å². The number of thiophene rings is 1. The van der Waals surface area contributed by atoms with E-state index >= 15 is 0 Å². The van der Waals surface area contributed by atoms with Crippen LogP contribution in [0.1, 0.15) is 30.5 Å². The standard InChI is InChI=1S/C14H17NOS3/c1-4-10-5-6-11(18-10)7-12-13(16)15(8-9(2)3)14(17)19-12/h5-7,9H,4,8H2,1-3H3/b12-7-. The molecule has 0 aromatic carbocycles. The van der Waals surface area contributed by atoms with Gasteiger partial charge in [0.1, 0.15) is 4.32 Å². The Bertz CT molecular complexity index is 531. The third-order valence-corrected chi connectivity index (χ3v) is 5.28. The van der Waals surface area contributed by atoms with Crippen molar-refractivity contribution in [3.63, 3.8) is 0 Å². The lowest BCUT2D eigenvalue weighted by atomic mass is 10.2. The second-order valence-corrected chi connectivity index (χ2v) is 7.72. The lowest BCUT2D eigenvalue weighted by Gasteiger charge is -2.16. The first kappa shape index (κ1) is 14.8. The second kappa shape index (κ2) is 6.20.